The normalized spacial score (nSPS) is 16.1. The van der Waals surface area contributed by atoms with Gasteiger partial charge in [0.25, 0.3) is 5.91 Å². The fraction of sp³-hybridized carbons (Fsp3) is 0.318. The van der Waals surface area contributed by atoms with Crippen molar-refractivity contribution in [1.29, 1.82) is 0 Å². The molecule has 0 aliphatic carbocycles. The van der Waals surface area contributed by atoms with Crippen molar-refractivity contribution in [3.8, 4) is 11.5 Å². The van der Waals surface area contributed by atoms with E-state index in [4.69, 9.17) is 15.2 Å². The Balaban J connectivity index is 1.74. The van der Waals surface area contributed by atoms with E-state index in [1.807, 2.05) is 47.9 Å². The van der Waals surface area contributed by atoms with E-state index in [0.717, 1.165) is 16.6 Å². The van der Waals surface area contributed by atoms with Crippen molar-refractivity contribution < 1.29 is 14.3 Å². The van der Waals surface area contributed by atoms with Gasteiger partial charge in [-0.15, -0.1) is 0 Å². The molecule has 3 aromatic rings. The number of hydrogen-bond donors (Lipinski definition) is 2. The number of aliphatic imine (C=N–C) groups is 1. The SMILES string of the molecule is CCOc1cc([C@H]2N=C(N)Nc3nc4ccccc4n32)ccc1O[C@@H](C)C(=O)N(C)C. The molecule has 2 heterocycles. The molecular formula is C22H26N6O3. The van der Waals surface area contributed by atoms with E-state index in [1.54, 1.807) is 27.1 Å². The summed E-state index contributed by atoms with van der Waals surface area (Å²) in [6.45, 7) is 4.06. The molecule has 0 radical (unpaired) electrons. The van der Waals surface area contributed by atoms with E-state index in [9.17, 15) is 4.79 Å². The molecule has 0 saturated heterocycles. The van der Waals surface area contributed by atoms with E-state index >= 15 is 0 Å². The first-order chi connectivity index (χ1) is 14.9. The number of ether oxygens (including phenoxy) is 2. The monoisotopic (exact) mass is 422 g/mol. The van der Waals surface area contributed by atoms with Crippen molar-refractivity contribution in [2.24, 2.45) is 10.7 Å². The predicted molar refractivity (Wildman–Crippen MR) is 120 cm³/mol. The number of imidazole rings is 1. The number of fused-ring (bicyclic) bond motifs is 3. The molecule has 1 aliphatic heterocycles. The number of carbonyl (C=O) groups excluding carboxylic acids is 1. The number of para-hydroxylation sites is 2. The molecule has 1 amide bonds. The lowest BCUT2D eigenvalue weighted by molar-refractivity contribution is -0.135. The molecule has 2 aromatic carbocycles. The van der Waals surface area contributed by atoms with Gasteiger partial charge in [0.2, 0.25) is 5.95 Å². The van der Waals surface area contributed by atoms with Crippen LogP contribution >= 0.6 is 0 Å². The second-order valence-corrected chi connectivity index (χ2v) is 7.44. The Hall–Kier alpha value is -3.75. The topological polar surface area (TPSA) is 107 Å². The van der Waals surface area contributed by atoms with Gasteiger partial charge < -0.3 is 20.1 Å². The molecule has 0 bridgehead atoms. The number of nitrogens with two attached hydrogens (primary N) is 1. The highest BCUT2D eigenvalue weighted by molar-refractivity contribution is 5.94. The second-order valence-electron chi connectivity index (χ2n) is 7.44. The second kappa shape index (κ2) is 8.17. The van der Waals surface area contributed by atoms with E-state index in [2.05, 4.69) is 15.3 Å². The van der Waals surface area contributed by atoms with Crippen LogP contribution in [0.1, 0.15) is 25.6 Å². The predicted octanol–water partition coefficient (Wildman–Crippen LogP) is 2.58. The summed E-state index contributed by atoms with van der Waals surface area (Å²) >= 11 is 0. The number of nitrogens with zero attached hydrogens (tertiary/aromatic N) is 4. The van der Waals surface area contributed by atoms with Crippen LogP contribution in [0.3, 0.4) is 0 Å². The summed E-state index contributed by atoms with van der Waals surface area (Å²) < 4.78 is 13.7. The highest BCUT2D eigenvalue weighted by atomic mass is 16.5. The lowest BCUT2D eigenvalue weighted by atomic mass is 10.1. The fourth-order valence-corrected chi connectivity index (χ4v) is 3.60. The number of amides is 1. The first-order valence-corrected chi connectivity index (χ1v) is 10.1. The zero-order valence-corrected chi connectivity index (χ0v) is 18.0. The maximum absolute atomic E-state index is 12.2. The summed E-state index contributed by atoms with van der Waals surface area (Å²) in [7, 11) is 3.39. The minimum atomic E-state index is -0.642. The van der Waals surface area contributed by atoms with Crippen LogP contribution in [0.4, 0.5) is 5.95 Å². The molecule has 1 aliphatic rings. The molecule has 9 heteroatoms. The number of guanidine groups is 1. The van der Waals surface area contributed by atoms with Gasteiger partial charge in [0.1, 0.15) is 0 Å². The highest BCUT2D eigenvalue weighted by Gasteiger charge is 2.26. The average molecular weight is 422 g/mol. The molecule has 9 nitrogen and oxygen atoms in total. The number of rotatable bonds is 6. The van der Waals surface area contributed by atoms with Crippen molar-refractivity contribution in [3.63, 3.8) is 0 Å². The Morgan fingerprint density at radius 3 is 2.77 bits per heavy atom. The van der Waals surface area contributed by atoms with Gasteiger partial charge in [-0.25, -0.2) is 9.98 Å². The summed E-state index contributed by atoms with van der Waals surface area (Å²) in [5, 5.41) is 3.03. The van der Waals surface area contributed by atoms with Gasteiger partial charge in [-0.1, -0.05) is 18.2 Å². The molecule has 162 valence electrons. The van der Waals surface area contributed by atoms with E-state index in [0.29, 0.717) is 24.1 Å². The Labute approximate surface area is 180 Å². The molecule has 0 fully saturated rings. The van der Waals surface area contributed by atoms with Crippen LogP contribution in [0.5, 0.6) is 11.5 Å². The third kappa shape index (κ3) is 3.86. The zero-order valence-electron chi connectivity index (χ0n) is 18.0. The standard InChI is InChI=1S/C22H26N6O3/c1-5-30-18-12-14(10-11-17(18)31-13(2)20(29)27(3)4)19-25-21(23)26-22-24-15-8-6-7-9-16(15)28(19)22/h6-13,19H,5H2,1-4H3,(H3,23,24,25,26)/t13-,19-/m0/s1. The van der Waals surface area contributed by atoms with Crippen molar-refractivity contribution in [2.45, 2.75) is 26.1 Å². The van der Waals surface area contributed by atoms with Crippen LogP contribution in [-0.2, 0) is 4.79 Å². The Bertz CT molecular complexity index is 1150. The summed E-state index contributed by atoms with van der Waals surface area (Å²) in [5.74, 6) is 1.82. The molecule has 1 aromatic heterocycles. The highest BCUT2D eigenvalue weighted by Crippen LogP contribution is 2.37. The zero-order chi connectivity index (χ0) is 22.1. The van der Waals surface area contributed by atoms with Crippen LogP contribution in [0, 0.1) is 0 Å². The number of likely N-dealkylation sites (N-methyl/N-ethyl adjacent to an activating group) is 1. The minimum absolute atomic E-state index is 0.128. The van der Waals surface area contributed by atoms with E-state index < -0.39 is 12.3 Å². The summed E-state index contributed by atoms with van der Waals surface area (Å²) in [6.07, 6.45) is -1.06. The number of benzene rings is 2. The van der Waals surface area contributed by atoms with E-state index in [1.165, 1.54) is 4.90 Å². The molecule has 4 rings (SSSR count). The van der Waals surface area contributed by atoms with Crippen LogP contribution in [0.25, 0.3) is 11.0 Å². The van der Waals surface area contributed by atoms with Crippen molar-refractivity contribution in [3.05, 3.63) is 48.0 Å². The van der Waals surface area contributed by atoms with Crippen LogP contribution in [0.15, 0.2) is 47.5 Å². The van der Waals surface area contributed by atoms with Crippen molar-refractivity contribution >= 4 is 28.8 Å². The van der Waals surface area contributed by atoms with Gasteiger partial charge in [-0.2, -0.15) is 0 Å². The number of carbonyl (C=O) groups is 1. The molecule has 0 saturated carbocycles. The number of anilines is 1. The molecule has 3 N–H and O–H groups in total. The van der Waals surface area contributed by atoms with Crippen LogP contribution < -0.4 is 20.5 Å². The quantitative estimate of drug-likeness (QED) is 0.632. The van der Waals surface area contributed by atoms with Gasteiger partial charge in [0.05, 0.1) is 17.6 Å². The summed E-state index contributed by atoms with van der Waals surface area (Å²) in [5.41, 5.74) is 8.69. The molecular weight excluding hydrogens is 396 g/mol. The molecule has 0 unspecified atom stereocenters. The van der Waals surface area contributed by atoms with Gasteiger partial charge in [-0.05, 0) is 38.1 Å². The first-order valence-electron chi connectivity index (χ1n) is 10.1. The largest absolute Gasteiger partial charge is 0.490 e. The first kappa shape index (κ1) is 20.5. The fourth-order valence-electron chi connectivity index (χ4n) is 3.60. The van der Waals surface area contributed by atoms with Gasteiger partial charge in [0, 0.05) is 19.7 Å². The number of nitrogens with one attached hydrogen (secondary N) is 1. The average Bonchev–Trinajstić information content (AvgIpc) is 3.11. The third-order valence-electron chi connectivity index (χ3n) is 5.00. The summed E-state index contributed by atoms with van der Waals surface area (Å²) in [4.78, 5) is 22.9. The van der Waals surface area contributed by atoms with Gasteiger partial charge >= 0.3 is 0 Å². The molecule has 0 spiro atoms. The Kier molecular flexibility index (Phi) is 5.41. The van der Waals surface area contributed by atoms with Crippen molar-refractivity contribution in [2.75, 3.05) is 26.0 Å². The van der Waals surface area contributed by atoms with Crippen LogP contribution in [-0.4, -0.2) is 53.1 Å². The smallest absolute Gasteiger partial charge is 0.262 e. The lowest BCUT2D eigenvalue weighted by Gasteiger charge is -2.25. The Morgan fingerprint density at radius 2 is 2.03 bits per heavy atom. The number of aromatic nitrogens is 2. The molecule has 31 heavy (non-hydrogen) atoms. The van der Waals surface area contributed by atoms with Crippen molar-refractivity contribution in [1.82, 2.24) is 14.5 Å². The van der Waals surface area contributed by atoms with Gasteiger partial charge in [-0.3, -0.25) is 14.7 Å². The third-order valence-corrected chi connectivity index (χ3v) is 5.00. The Morgan fingerprint density at radius 1 is 1.26 bits per heavy atom. The lowest BCUT2D eigenvalue weighted by Crippen LogP contribution is -2.35. The minimum Gasteiger partial charge on any atom is -0.490 e. The van der Waals surface area contributed by atoms with Gasteiger partial charge in [0.15, 0.2) is 29.7 Å². The van der Waals surface area contributed by atoms with E-state index in [-0.39, 0.29) is 11.9 Å². The molecule has 2 atom stereocenters. The maximum atomic E-state index is 12.2. The summed E-state index contributed by atoms with van der Waals surface area (Å²) in [6, 6.07) is 13.4. The maximum Gasteiger partial charge on any atom is 0.262 e. The number of hydrogen-bond acceptors (Lipinski definition) is 7. The van der Waals surface area contributed by atoms with Crippen LogP contribution in [0.2, 0.25) is 0 Å².